The van der Waals surface area contributed by atoms with E-state index in [2.05, 4.69) is 4.98 Å². The molecule has 0 atom stereocenters. The quantitative estimate of drug-likeness (QED) is 0.637. The van der Waals surface area contributed by atoms with Gasteiger partial charge in [-0.25, -0.2) is 0 Å². The maximum Gasteiger partial charge on any atom is 0.270 e. The number of methoxy groups -OCH3 is 1. The molecule has 1 fully saturated rings. The fourth-order valence-electron chi connectivity index (χ4n) is 2.09. The lowest BCUT2D eigenvalue weighted by Gasteiger charge is -2.17. The van der Waals surface area contributed by atoms with E-state index in [1.807, 2.05) is 36.4 Å². The molecule has 4 nitrogen and oxygen atoms in total. The van der Waals surface area contributed by atoms with Gasteiger partial charge in [0.25, 0.3) is 5.91 Å². The molecule has 0 unspecified atom stereocenters. The van der Waals surface area contributed by atoms with Gasteiger partial charge in [0.1, 0.15) is 5.75 Å². The van der Waals surface area contributed by atoms with Crippen LogP contribution in [0.4, 0.5) is 5.69 Å². The van der Waals surface area contributed by atoms with Crippen LogP contribution >= 0.6 is 24.0 Å². The van der Waals surface area contributed by atoms with Gasteiger partial charge in [-0.2, -0.15) is 0 Å². The molecule has 1 aromatic carbocycles. The van der Waals surface area contributed by atoms with Crippen molar-refractivity contribution in [3.63, 3.8) is 0 Å². The first kappa shape index (κ1) is 14.7. The van der Waals surface area contributed by atoms with Crippen LogP contribution in [0, 0.1) is 0 Å². The monoisotopic (exact) mass is 328 g/mol. The van der Waals surface area contributed by atoms with Crippen LogP contribution in [0.3, 0.4) is 0 Å². The summed E-state index contributed by atoms with van der Waals surface area (Å²) in [5, 5.41) is 0. The zero-order valence-electron chi connectivity index (χ0n) is 11.7. The van der Waals surface area contributed by atoms with Gasteiger partial charge in [0.2, 0.25) is 0 Å². The molecule has 1 aliphatic rings. The van der Waals surface area contributed by atoms with Crippen LogP contribution in [0.2, 0.25) is 0 Å². The number of rotatable bonds is 3. The predicted molar refractivity (Wildman–Crippen MR) is 92.9 cm³/mol. The smallest absolute Gasteiger partial charge is 0.270 e. The number of benzene rings is 1. The summed E-state index contributed by atoms with van der Waals surface area (Å²) < 4.78 is 5.80. The fraction of sp³-hybridized carbons (Fsp3) is 0.0625. The van der Waals surface area contributed by atoms with E-state index in [-0.39, 0.29) is 5.91 Å². The average Bonchev–Trinajstić information content (AvgIpc) is 2.82. The lowest BCUT2D eigenvalue weighted by atomic mass is 10.2. The van der Waals surface area contributed by atoms with Crippen molar-refractivity contribution in [3.8, 4) is 5.75 Å². The Morgan fingerprint density at radius 3 is 2.73 bits per heavy atom. The molecule has 3 rings (SSSR count). The Morgan fingerprint density at radius 2 is 2.00 bits per heavy atom. The number of hydrogen-bond donors (Lipinski definition) is 0. The van der Waals surface area contributed by atoms with Gasteiger partial charge in [-0.3, -0.25) is 14.7 Å². The van der Waals surface area contributed by atoms with Gasteiger partial charge in [0, 0.05) is 6.20 Å². The molecule has 0 N–H and O–H groups in total. The summed E-state index contributed by atoms with van der Waals surface area (Å²) in [7, 11) is 1.57. The highest BCUT2D eigenvalue weighted by molar-refractivity contribution is 8.27. The van der Waals surface area contributed by atoms with Crippen molar-refractivity contribution in [1.29, 1.82) is 0 Å². The van der Waals surface area contributed by atoms with E-state index in [0.717, 1.165) is 5.69 Å². The van der Waals surface area contributed by atoms with Gasteiger partial charge >= 0.3 is 0 Å². The predicted octanol–water partition coefficient (Wildman–Crippen LogP) is 3.50. The highest BCUT2D eigenvalue weighted by Crippen LogP contribution is 2.39. The fourth-order valence-corrected chi connectivity index (χ4v) is 3.36. The van der Waals surface area contributed by atoms with Gasteiger partial charge in [0.05, 0.1) is 23.4 Å². The molecule has 110 valence electrons. The summed E-state index contributed by atoms with van der Waals surface area (Å²) in [5.74, 6) is 0.447. The minimum absolute atomic E-state index is 0.162. The third-order valence-electron chi connectivity index (χ3n) is 3.09. The zero-order chi connectivity index (χ0) is 15.5. The number of amides is 1. The second-order valence-corrected chi connectivity index (χ2v) is 6.12. The lowest BCUT2D eigenvalue weighted by Crippen LogP contribution is -2.27. The van der Waals surface area contributed by atoms with E-state index < -0.39 is 0 Å². The summed E-state index contributed by atoms with van der Waals surface area (Å²) >= 11 is 6.62. The van der Waals surface area contributed by atoms with Crippen molar-refractivity contribution in [1.82, 2.24) is 4.98 Å². The highest BCUT2D eigenvalue weighted by Gasteiger charge is 2.34. The van der Waals surface area contributed by atoms with Crippen LogP contribution in [0.1, 0.15) is 5.69 Å². The number of hydrogen-bond acceptors (Lipinski definition) is 5. The Morgan fingerprint density at radius 1 is 1.23 bits per heavy atom. The third-order valence-corrected chi connectivity index (χ3v) is 4.39. The minimum atomic E-state index is -0.162. The number of carbonyl (C=O) groups is 1. The molecule has 0 radical (unpaired) electrons. The van der Waals surface area contributed by atoms with Crippen molar-refractivity contribution < 1.29 is 9.53 Å². The van der Waals surface area contributed by atoms with Crippen LogP contribution in [0.5, 0.6) is 5.75 Å². The lowest BCUT2D eigenvalue weighted by molar-refractivity contribution is -0.113. The topological polar surface area (TPSA) is 42.4 Å². The number of pyridine rings is 1. The summed E-state index contributed by atoms with van der Waals surface area (Å²) in [6.07, 6.45) is 3.43. The summed E-state index contributed by atoms with van der Waals surface area (Å²) in [6.45, 7) is 0. The number of anilines is 1. The van der Waals surface area contributed by atoms with Crippen molar-refractivity contribution in [2.75, 3.05) is 12.0 Å². The Balaban J connectivity index is 1.97. The Bertz CT molecular complexity index is 760. The first-order chi connectivity index (χ1) is 10.7. The zero-order valence-corrected chi connectivity index (χ0v) is 13.4. The molecule has 1 aromatic heterocycles. The standard InChI is InChI=1S/C16H12N2O2S2/c1-20-13-8-3-2-7-12(13)18-15(19)14(22-16(18)21)10-11-6-4-5-9-17-11/h2-10H,1H3. The number of thioether (sulfide) groups is 1. The minimum Gasteiger partial charge on any atom is -0.495 e. The van der Waals surface area contributed by atoms with E-state index in [9.17, 15) is 4.79 Å². The molecule has 2 heterocycles. The van der Waals surface area contributed by atoms with Crippen LogP contribution in [-0.4, -0.2) is 22.3 Å². The largest absolute Gasteiger partial charge is 0.495 e. The molecule has 0 saturated carbocycles. The Kier molecular flexibility index (Phi) is 4.22. The number of para-hydroxylation sites is 2. The van der Waals surface area contributed by atoms with Crippen LogP contribution in [0.25, 0.3) is 6.08 Å². The molecule has 6 heteroatoms. The molecule has 22 heavy (non-hydrogen) atoms. The van der Waals surface area contributed by atoms with E-state index in [1.54, 1.807) is 25.4 Å². The van der Waals surface area contributed by atoms with E-state index in [0.29, 0.717) is 20.7 Å². The third kappa shape index (κ3) is 2.75. The van der Waals surface area contributed by atoms with Gasteiger partial charge in [-0.1, -0.05) is 42.2 Å². The molecule has 1 saturated heterocycles. The summed E-state index contributed by atoms with van der Waals surface area (Å²) in [4.78, 5) is 18.9. The summed E-state index contributed by atoms with van der Waals surface area (Å²) in [6, 6.07) is 12.9. The Labute approximate surface area is 137 Å². The molecular formula is C16H12N2O2S2. The molecule has 0 aliphatic carbocycles. The van der Waals surface area contributed by atoms with E-state index >= 15 is 0 Å². The van der Waals surface area contributed by atoms with Gasteiger partial charge in [-0.05, 0) is 30.3 Å². The number of ether oxygens (including phenoxy) is 1. The normalized spacial score (nSPS) is 16.4. The van der Waals surface area contributed by atoms with Crippen LogP contribution in [-0.2, 0) is 4.79 Å². The number of aromatic nitrogens is 1. The molecule has 0 bridgehead atoms. The maximum atomic E-state index is 12.7. The number of carbonyl (C=O) groups excluding carboxylic acids is 1. The van der Waals surface area contributed by atoms with E-state index in [4.69, 9.17) is 17.0 Å². The van der Waals surface area contributed by atoms with Gasteiger partial charge in [-0.15, -0.1) is 0 Å². The highest BCUT2D eigenvalue weighted by atomic mass is 32.2. The summed E-state index contributed by atoms with van der Waals surface area (Å²) in [5.41, 5.74) is 1.37. The van der Waals surface area contributed by atoms with E-state index in [1.165, 1.54) is 16.7 Å². The maximum absolute atomic E-state index is 12.7. The molecular weight excluding hydrogens is 316 g/mol. The Hall–Kier alpha value is -2.18. The van der Waals surface area contributed by atoms with Crippen molar-refractivity contribution in [2.24, 2.45) is 0 Å². The first-order valence-electron chi connectivity index (χ1n) is 6.52. The molecule has 2 aromatic rings. The SMILES string of the molecule is COc1ccccc1N1C(=O)C(=Cc2ccccn2)SC1=S. The van der Waals surface area contributed by atoms with Crippen molar-refractivity contribution >= 4 is 46.0 Å². The van der Waals surface area contributed by atoms with Crippen molar-refractivity contribution in [2.45, 2.75) is 0 Å². The second-order valence-electron chi connectivity index (χ2n) is 4.44. The molecule has 0 spiro atoms. The van der Waals surface area contributed by atoms with Gasteiger partial charge in [0.15, 0.2) is 4.32 Å². The number of nitrogens with zero attached hydrogens (tertiary/aromatic N) is 2. The van der Waals surface area contributed by atoms with Crippen LogP contribution < -0.4 is 9.64 Å². The van der Waals surface area contributed by atoms with Crippen LogP contribution in [0.15, 0.2) is 53.6 Å². The molecule has 1 aliphatic heterocycles. The molecule has 1 amide bonds. The number of thiocarbonyl (C=S) groups is 1. The first-order valence-corrected chi connectivity index (χ1v) is 7.75. The van der Waals surface area contributed by atoms with Crippen molar-refractivity contribution in [3.05, 3.63) is 59.3 Å². The van der Waals surface area contributed by atoms with Gasteiger partial charge < -0.3 is 4.74 Å². The second kappa shape index (κ2) is 6.29. The average molecular weight is 328 g/mol.